The second-order valence-corrected chi connectivity index (χ2v) is 5.08. The van der Waals surface area contributed by atoms with Gasteiger partial charge in [-0.25, -0.2) is 0 Å². The van der Waals surface area contributed by atoms with Gasteiger partial charge in [-0.1, -0.05) is 37.0 Å². The van der Waals surface area contributed by atoms with Crippen LogP contribution in [0.2, 0.25) is 0 Å². The molecule has 79 valence electrons. The standard InChI is InChI=1S/C6H5BF5OS/c8-14(9,10,11,12)6-3-1-5(7-13)2-4-6/h1-4,13H. The molecule has 0 aromatic heterocycles. The van der Waals surface area contributed by atoms with Gasteiger partial charge in [0, 0.05) is 0 Å². The zero-order chi connectivity index (χ0) is 11.1. The third kappa shape index (κ3) is 2.61. The van der Waals surface area contributed by atoms with Crippen molar-refractivity contribution in [1.82, 2.24) is 0 Å². The first-order valence-electron chi connectivity index (χ1n) is 3.34. The summed E-state index contributed by atoms with van der Waals surface area (Å²) in [6.07, 6.45) is 0. The lowest BCUT2D eigenvalue weighted by atomic mass is 9.89. The van der Waals surface area contributed by atoms with Crippen LogP contribution in [0.3, 0.4) is 0 Å². The smallest absolute Gasteiger partial charge is 0.326 e. The van der Waals surface area contributed by atoms with Gasteiger partial charge in [-0.05, 0) is 12.1 Å². The van der Waals surface area contributed by atoms with Crippen molar-refractivity contribution in [2.24, 2.45) is 0 Å². The maximum atomic E-state index is 12.1. The van der Waals surface area contributed by atoms with Crippen LogP contribution in [0, 0.1) is 0 Å². The monoisotopic (exact) mass is 231 g/mol. The second-order valence-electron chi connectivity index (χ2n) is 2.67. The Kier molecular flexibility index (Phi) is 1.96. The summed E-state index contributed by atoms with van der Waals surface area (Å²) < 4.78 is 60.6. The molecule has 0 aliphatic heterocycles. The fraction of sp³-hybridized carbons (Fsp3) is 0. The van der Waals surface area contributed by atoms with Crippen molar-refractivity contribution >= 4 is 23.2 Å². The Morgan fingerprint density at radius 2 is 1.36 bits per heavy atom. The quantitative estimate of drug-likeness (QED) is 0.612. The van der Waals surface area contributed by atoms with Crippen LogP contribution in [0.5, 0.6) is 0 Å². The summed E-state index contributed by atoms with van der Waals surface area (Å²) in [7, 11) is -9.04. The van der Waals surface area contributed by atoms with Crippen LogP contribution in [-0.4, -0.2) is 12.5 Å². The van der Waals surface area contributed by atoms with E-state index >= 15 is 0 Å². The molecule has 1 nitrogen and oxygen atoms in total. The largest absolute Gasteiger partial charge is 0.450 e. The normalized spacial score (nSPS) is 17.0. The molecular formula is C6H5BF5OS. The van der Waals surface area contributed by atoms with Crippen LogP contribution in [0.1, 0.15) is 0 Å². The highest BCUT2D eigenvalue weighted by Gasteiger charge is 2.65. The predicted octanol–water partition coefficient (Wildman–Crippen LogP) is 2.58. The Balaban J connectivity index is 3.24. The molecule has 1 rings (SSSR count). The van der Waals surface area contributed by atoms with Crippen molar-refractivity contribution in [1.29, 1.82) is 0 Å². The summed E-state index contributed by atoms with van der Waals surface area (Å²) >= 11 is 0. The molecule has 1 aromatic rings. The minimum atomic E-state index is -9.56. The summed E-state index contributed by atoms with van der Waals surface area (Å²) in [6, 6.07) is 1.99. The van der Waals surface area contributed by atoms with Crippen molar-refractivity contribution in [3.63, 3.8) is 0 Å². The van der Waals surface area contributed by atoms with Gasteiger partial charge in [0.2, 0.25) is 0 Å². The van der Waals surface area contributed by atoms with Gasteiger partial charge in [-0.2, -0.15) is 0 Å². The first-order valence-corrected chi connectivity index (χ1v) is 5.30. The molecule has 1 aromatic carbocycles. The Labute approximate surface area is 77.5 Å². The summed E-state index contributed by atoms with van der Waals surface area (Å²) in [6.45, 7) is 0. The van der Waals surface area contributed by atoms with Gasteiger partial charge in [-0.3, -0.25) is 0 Å². The molecule has 8 heteroatoms. The average Bonchev–Trinajstić information content (AvgIpc) is 2.01. The fourth-order valence-corrected chi connectivity index (χ4v) is 1.46. The minimum absolute atomic E-state index is 0.0237. The van der Waals surface area contributed by atoms with Gasteiger partial charge < -0.3 is 5.02 Å². The molecule has 0 aliphatic carbocycles. The lowest BCUT2D eigenvalue weighted by molar-refractivity contribution is 0.364. The highest BCUT2D eigenvalue weighted by atomic mass is 32.5. The lowest BCUT2D eigenvalue weighted by Crippen LogP contribution is -2.14. The SMILES string of the molecule is O[B]c1ccc(S(F)(F)(F)(F)F)cc1. The van der Waals surface area contributed by atoms with E-state index in [0.717, 1.165) is 12.1 Å². The third-order valence-electron chi connectivity index (χ3n) is 1.47. The number of rotatable bonds is 2. The van der Waals surface area contributed by atoms with Crippen molar-refractivity contribution < 1.29 is 24.5 Å². The lowest BCUT2D eigenvalue weighted by Gasteiger charge is -2.40. The minimum Gasteiger partial charge on any atom is -0.450 e. The molecule has 1 N–H and O–H groups in total. The summed E-state index contributed by atoms with van der Waals surface area (Å²) in [5, 5.41) is 8.38. The number of hydrogen-bond donors (Lipinski definition) is 1. The van der Waals surface area contributed by atoms with Gasteiger partial charge in [0.25, 0.3) is 0 Å². The number of benzene rings is 1. The van der Waals surface area contributed by atoms with E-state index in [0.29, 0.717) is 7.48 Å². The first-order chi connectivity index (χ1) is 6.03. The van der Waals surface area contributed by atoms with Crippen LogP contribution in [0.25, 0.3) is 0 Å². The van der Waals surface area contributed by atoms with Crippen molar-refractivity contribution in [3.8, 4) is 0 Å². The highest BCUT2D eigenvalue weighted by molar-refractivity contribution is 8.45. The molecule has 0 amide bonds. The molecule has 0 atom stereocenters. The van der Waals surface area contributed by atoms with Crippen LogP contribution in [-0.2, 0) is 0 Å². The predicted molar refractivity (Wildman–Crippen MR) is 45.4 cm³/mol. The molecule has 0 saturated heterocycles. The molecule has 0 heterocycles. The number of hydrogen-bond acceptors (Lipinski definition) is 1. The van der Waals surface area contributed by atoms with Crippen LogP contribution >= 0.6 is 10.2 Å². The van der Waals surface area contributed by atoms with E-state index < -0.39 is 15.1 Å². The van der Waals surface area contributed by atoms with Gasteiger partial charge in [0.05, 0.1) is 0 Å². The first kappa shape index (κ1) is 11.3. The van der Waals surface area contributed by atoms with Gasteiger partial charge >= 0.3 is 17.7 Å². The molecule has 0 unspecified atom stereocenters. The van der Waals surface area contributed by atoms with Crippen molar-refractivity contribution in [2.75, 3.05) is 0 Å². The van der Waals surface area contributed by atoms with Crippen LogP contribution in [0.15, 0.2) is 29.2 Å². The fourth-order valence-electron chi connectivity index (χ4n) is 0.811. The number of halogens is 5. The maximum Gasteiger partial charge on any atom is 0.326 e. The molecule has 14 heavy (non-hydrogen) atoms. The Bertz CT molecular complexity index is 343. The topological polar surface area (TPSA) is 20.2 Å². The van der Waals surface area contributed by atoms with Crippen molar-refractivity contribution in [2.45, 2.75) is 4.90 Å². The molecule has 0 fully saturated rings. The summed E-state index contributed by atoms with van der Waals surface area (Å²) in [5.74, 6) is 0. The van der Waals surface area contributed by atoms with E-state index in [9.17, 15) is 19.4 Å². The maximum absolute atomic E-state index is 12.1. The van der Waals surface area contributed by atoms with Gasteiger partial charge in [0.1, 0.15) is 4.90 Å². The highest BCUT2D eigenvalue weighted by Crippen LogP contribution is 3.02. The average molecular weight is 231 g/mol. The molecule has 1 radical (unpaired) electrons. The summed E-state index contributed by atoms with van der Waals surface area (Å²) in [4.78, 5) is -1.96. The van der Waals surface area contributed by atoms with Crippen LogP contribution < -0.4 is 5.46 Å². The third-order valence-corrected chi connectivity index (χ3v) is 2.64. The second kappa shape index (κ2) is 2.43. The van der Waals surface area contributed by atoms with Gasteiger partial charge in [0.15, 0.2) is 0 Å². The van der Waals surface area contributed by atoms with E-state index in [1.54, 1.807) is 0 Å². The molecular weight excluding hydrogens is 226 g/mol. The molecule has 0 bridgehead atoms. The van der Waals surface area contributed by atoms with E-state index in [1.807, 2.05) is 0 Å². The van der Waals surface area contributed by atoms with Crippen LogP contribution in [0.4, 0.5) is 19.4 Å². The zero-order valence-electron chi connectivity index (χ0n) is 6.63. The summed E-state index contributed by atoms with van der Waals surface area (Å²) in [5.41, 5.74) is 0.0237. The zero-order valence-corrected chi connectivity index (χ0v) is 7.45. The van der Waals surface area contributed by atoms with E-state index in [2.05, 4.69) is 0 Å². The van der Waals surface area contributed by atoms with E-state index in [4.69, 9.17) is 5.02 Å². The van der Waals surface area contributed by atoms with E-state index in [-0.39, 0.29) is 17.6 Å². The van der Waals surface area contributed by atoms with E-state index in [1.165, 1.54) is 0 Å². The Hall–Kier alpha value is -0.755. The van der Waals surface area contributed by atoms with Crippen molar-refractivity contribution in [3.05, 3.63) is 24.3 Å². The molecule has 0 aliphatic rings. The Morgan fingerprint density at radius 1 is 0.929 bits per heavy atom. The van der Waals surface area contributed by atoms with Gasteiger partial charge in [-0.15, -0.1) is 0 Å². The molecule has 0 spiro atoms. The Morgan fingerprint density at radius 3 is 1.64 bits per heavy atom. The molecule has 0 saturated carbocycles.